The van der Waals surface area contributed by atoms with Gasteiger partial charge >= 0.3 is 0 Å². The third-order valence-electron chi connectivity index (χ3n) is 2.39. The normalized spacial score (nSPS) is 10.9. The third kappa shape index (κ3) is 3.43. The first-order valence-electron chi connectivity index (χ1n) is 5.73. The molecule has 5 nitrogen and oxygen atoms in total. The van der Waals surface area contributed by atoms with Gasteiger partial charge in [0.15, 0.2) is 5.13 Å². The third-order valence-corrected chi connectivity index (χ3v) is 3.26. The van der Waals surface area contributed by atoms with Crippen molar-refractivity contribution in [2.24, 2.45) is 0 Å². The highest BCUT2D eigenvalue weighted by molar-refractivity contribution is 7.13. The van der Waals surface area contributed by atoms with Crippen LogP contribution in [0, 0.1) is 18.3 Å². The van der Waals surface area contributed by atoms with Crippen molar-refractivity contribution < 1.29 is 9.90 Å². The smallest absolute Gasteiger partial charge is 0.268 e. The number of nitriles is 1. The first-order chi connectivity index (χ1) is 9.58. The van der Waals surface area contributed by atoms with Crippen molar-refractivity contribution in [1.29, 1.82) is 5.26 Å². The number of anilines is 1. The van der Waals surface area contributed by atoms with Crippen molar-refractivity contribution in [3.05, 3.63) is 46.5 Å². The standard InChI is InChI=1S/C14H11N3O2S/c1-9-8-20-14(16-9)17-13(19)11(7-15)5-10-3-2-4-12(18)6-10/h2-6,8,18H,1H3,(H,16,17,19)/b11-5+. The summed E-state index contributed by atoms with van der Waals surface area (Å²) in [6, 6.07) is 8.16. The summed E-state index contributed by atoms with van der Waals surface area (Å²) < 4.78 is 0. The molecule has 0 aliphatic rings. The first-order valence-corrected chi connectivity index (χ1v) is 6.61. The highest BCUT2D eigenvalue weighted by atomic mass is 32.1. The Morgan fingerprint density at radius 3 is 2.95 bits per heavy atom. The minimum Gasteiger partial charge on any atom is -0.508 e. The van der Waals surface area contributed by atoms with Crippen molar-refractivity contribution in [3.8, 4) is 11.8 Å². The zero-order valence-electron chi connectivity index (χ0n) is 10.6. The van der Waals surface area contributed by atoms with Crippen molar-refractivity contribution in [2.75, 3.05) is 5.32 Å². The Bertz CT molecular complexity index is 713. The van der Waals surface area contributed by atoms with Crippen LogP contribution in [0.15, 0.2) is 35.2 Å². The maximum Gasteiger partial charge on any atom is 0.268 e. The van der Waals surface area contributed by atoms with E-state index in [1.165, 1.54) is 29.5 Å². The topological polar surface area (TPSA) is 86.0 Å². The van der Waals surface area contributed by atoms with Gasteiger partial charge < -0.3 is 5.11 Å². The number of nitrogens with one attached hydrogen (secondary N) is 1. The van der Waals surface area contributed by atoms with Crippen LogP contribution < -0.4 is 5.32 Å². The molecule has 0 fully saturated rings. The monoisotopic (exact) mass is 285 g/mol. The average molecular weight is 285 g/mol. The fraction of sp³-hybridized carbons (Fsp3) is 0.0714. The lowest BCUT2D eigenvalue weighted by Crippen LogP contribution is -2.13. The Kier molecular flexibility index (Phi) is 4.13. The predicted octanol–water partition coefficient (Wildman–Crippen LogP) is 2.70. The molecule has 1 amide bonds. The van der Waals surface area contributed by atoms with Crippen molar-refractivity contribution >= 4 is 28.5 Å². The maximum atomic E-state index is 11.9. The second-order valence-electron chi connectivity index (χ2n) is 4.01. The number of hydrogen-bond acceptors (Lipinski definition) is 5. The Morgan fingerprint density at radius 1 is 1.55 bits per heavy atom. The fourth-order valence-electron chi connectivity index (χ4n) is 1.51. The van der Waals surface area contributed by atoms with E-state index in [2.05, 4.69) is 10.3 Å². The molecule has 2 aromatic rings. The van der Waals surface area contributed by atoms with Gasteiger partial charge in [-0.25, -0.2) is 4.98 Å². The molecule has 1 aromatic heterocycles. The maximum absolute atomic E-state index is 11.9. The number of aryl methyl sites for hydroxylation is 1. The van der Waals surface area contributed by atoms with Crippen LogP contribution in [0.25, 0.3) is 6.08 Å². The molecule has 0 aliphatic heterocycles. The number of amides is 1. The van der Waals surface area contributed by atoms with Crippen molar-refractivity contribution in [2.45, 2.75) is 6.92 Å². The summed E-state index contributed by atoms with van der Waals surface area (Å²) in [7, 11) is 0. The molecule has 0 bridgehead atoms. The van der Waals surface area contributed by atoms with Crippen molar-refractivity contribution in [3.63, 3.8) is 0 Å². The molecule has 0 saturated heterocycles. The number of phenolic OH excluding ortho intramolecular Hbond substituents is 1. The number of phenols is 1. The van der Waals surface area contributed by atoms with Gasteiger partial charge in [0.05, 0.1) is 5.69 Å². The molecule has 6 heteroatoms. The van der Waals surface area contributed by atoms with Gasteiger partial charge in [0, 0.05) is 5.38 Å². The van der Waals surface area contributed by atoms with E-state index in [1.807, 2.05) is 13.0 Å². The van der Waals surface area contributed by atoms with Gasteiger partial charge in [-0.2, -0.15) is 5.26 Å². The molecule has 1 heterocycles. The molecule has 0 radical (unpaired) electrons. The van der Waals surface area contributed by atoms with E-state index in [0.29, 0.717) is 10.7 Å². The summed E-state index contributed by atoms with van der Waals surface area (Å²) in [6.07, 6.45) is 1.41. The minimum absolute atomic E-state index is 0.0524. The van der Waals surface area contributed by atoms with Gasteiger partial charge in [-0.1, -0.05) is 12.1 Å². The Hall–Kier alpha value is -2.65. The van der Waals surface area contributed by atoms with Crippen molar-refractivity contribution in [1.82, 2.24) is 4.98 Å². The van der Waals surface area contributed by atoms with E-state index in [-0.39, 0.29) is 11.3 Å². The van der Waals surface area contributed by atoms with Gasteiger partial charge in [0.1, 0.15) is 17.4 Å². The van der Waals surface area contributed by atoms with E-state index < -0.39 is 5.91 Å². The lowest BCUT2D eigenvalue weighted by Gasteiger charge is -2.00. The van der Waals surface area contributed by atoms with Crippen LogP contribution in [-0.4, -0.2) is 16.0 Å². The average Bonchev–Trinajstić information content (AvgIpc) is 2.81. The van der Waals surface area contributed by atoms with Crippen LogP contribution in [0.3, 0.4) is 0 Å². The van der Waals surface area contributed by atoms with Crippen LogP contribution in [0.5, 0.6) is 5.75 Å². The number of thiazole rings is 1. The summed E-state index contributed by atoms with van der Waals surface area (Å²) in [4.78, 5) is 16.0. The Balaban J connectivity index is 2.19. The molecule has 0 atom stereocenters. The van der Waals surface area contributed by atoms with Gasteiger partial charge in [-0.3, -0.25) is 10.1 Å². The fourth-order valence-corrected chi connectivity index (χ4v) is 2.19. The number of benzene rings is 1. The minimum atomic E-state index is -0.523. The molecule has 2 N–H and O–H groups in total. The van der Waals surface area contributed by atoms with E-state index in [1.54, 1.807) is 17.5 Å². The van der Waals surface area contributed by atoms with Gasteiger partial charge in [0.2, 0.25) is 0 Å². The van der Waals surface area contributed by atoms with E-state index >= 15 is 0 Å². The van der Waals surface area contributed by atoms with Gasteiger partial charge in [-0.05, 0) is 30.7 Å². The molecular formula is C14H11N3O2S. The summed E-state index contributed by atoms with van der Waals surface area (Å²) in [5.74, 6) is -0.447. The molecule has 20 heavy (non-hydrogen) atoms. The van der Waals surface area contributed by atoms with Gasteiger partial charge in [-0.15, -0.1) is 11.3 Å². The van der Waals surface area contributed by atoms with E-state index in [9.17, 15) is 9.90 Å². The number of nitrogens with zero attached hydrogens (tertiary/aromatic N) is 2. The number of hydrogen-bond donors (Lipinski definition) is 2. The second kappa shape index (κ2) is 5.99. The SMILES string of the molecule is Cc1csc(NC(=O)/C(C#N)=C/c2cccc(O)c2)n1. The summed E-state index contributed by atoms with van der Waals surface area (Å²) >= 11 is 1.29. The molecule has 100 valence electrons. The Morgan fingerprint density at radius 2 is 2.35 bits per heavy atom. The molecule has 0 unspecified atom stereocenters. The van der Waals surface area contributed by atoms with E-state index in [4.69, 9.17) is 5.26 Å². The van der Waals surface area contributed by atoms with Crippen LogP contribution in [-0.2, 0) is 4.79 Å². The highest BCUT2D eigenvalue weighted by Gasteiger charge is 2.11. The first kappa shape index (κ1) is 13.8. The lowest BCUT2D eigenvalue weighted by molar-refractivity contribution is -0.112. The second-order valence-corrected chi connectivity index (χ2v) is 4.87. The molecule has 2 rings (SSSR count). The quantitative estimate of drug-likeness (QED) is 0.670. The van der Waals surface area contributed by atoms with E-state index in [0.717, 1.165) is 5.69 Å². The summed E-state index contributed by atoms with van der Waals surface area (Å²) in [5, 5.41) is 23.2. The molecule has 0 aliphatic carbocycles. The number of rotatable bonds is 3. The van der Waals surface area contributed by atoms with Crippen LogP contribution >= 0.6 is 11.3 Å². The number of aromatic hydroxyl groups is 1. The molecule has 0 spiro atoms. The van der Waals surface area contributed by atoms with Crippen LogP contribution in [0.1, 0.15) is 11.3 Å². The number of carbonyl (C=O) groups excluding carboxylic acids is 1. The molecule has 0 saturated carbocycles. The summed E-state index contributed by atoms with van der Waals surface area (Å²) in [6.45, 7) is 1.82. The van der Waals surface area contributed by atoms with Crippen LogP contribution in [0.4, 0.5) is 5.13 Å². The highest BCUT2D eigenvalue weighted by Crippen LogP contribution is 2.17. The lowest BCUT2D eigenvalue weighted by atomic mass is 10.1. The molecular weight excluding hydrogens is 274 g/mol. The zero-order valence-corrected chi connectivity index (χ0v) is 11.4. The van der Waals surface area contributed by atoms with Crippen LogP contribution in [0.2, 0.25) is 0 Å². The Labute approximate surface area is 119 Å². The summed E-state index contributed by atoms with van der Waals surface area (Å²) in [5.41, 5.74) is 1.33. The largest absolute Gasteiger partial charge is 0.508 e. The molecule has 1 aromatic carbocycles. The van der Waals surface area contributed by atoms with Gasteiger partial charge in [0.25, 0.3) is 5.91 Å². The number of carbonyl (C=O) groups is 1. The predicted molar refractivity (Wildman–Crippen MR) is 77.2 cm³/mol. The number of aromatic nitrogens is 1. The zero-order chi connectivity index (χ0) is 14.5.